The molecule has 2 heterocycles. The van der Waals surface area contributed by atoms with Crippen molar-refractivity contribution in [3.63, 3.8) is 0 Å². The molecule has 8 nitrogen and oxygen atoms in total. The van der Waals surface area contributed by atoms with Crippen LogP contribution in [0.3, 0.4) is 0 Å². The number of ether oxygens (including phenoxy) is 1. The first kappa shape index (κ1) is 22.9. The molecule has 0 saturated heterocycles. The summed E-state index contributed by atoms with van der Waals surface area (Å²) >= 11 is 0. The highest BCUT2D eigenvalue weighted by atomic mass is 16.5. The van der Waals surface area contributed by atoms with Crippen molar-refractivity contribution in [2.45, 2.75) is 19.1 Å². The molecule has 5 aromatic rings. The normalized spacial score (nSPS) is 11.7. The number of amides is 2. The Labute approximate surface area is 207 Å². The van der Waals surface area contributed by atoms with Crippen LogP contribution < -0.4 is 10.6 Å². The average Bonchev–Trinajstić information content (AvgIpc) is 3.55. The second-order valence-electron chi connectivity index (χ2n) is 8.29. The van der Waals surface area contributed by atoms with Crippen LogP contribution in [0.2, 0.25) is 0 Å². The van der Waals surface area contributed by atoms with E-state index in [4.69, 9.17) is 4.74 Å². The molecule has 0 aliphatic rings. The van der Waals surface area contributed by atoms with Crippen LogP contribution in [0.25, 0.3) is 16.6 Å². The predicted molar refractivity (Wildman–Crippen MR) is 138 cm³/mol. The fraction of sp³-hybridized carbons (Fsp3) is 0.107. The van der Waals surface area contributed by atoms with Crippen LogP contribution in [-0.2, 0) is 22.6 Å². The number of nitrogens with zero attached hydrogens (tertiary/aromatic N) is 2. The molecule has 0 bridgehead atoms. The van der Waals surface area contributed by atoms with Gasteiger partial charge in [-0.1, -0.05) is 66.7 Å². The van der Waals surface area contributed by atoms with Gasteiger partial charge in [-0.25, -0.2) is 9.48 Å². The number of carbonyl (C=O) groups excluding carboxylic acids is 2. The minimum absolute atomic E-state index is 0.107. The van der Waals surface area contributed by atoms with E-state index >= 15 is 0 Å². The number of benzene rings is 3. The molecule has 2 amide bonds. The fourth-order valence-electron chi connectivity index (χ4n) is 3.97. The Morgan fingerprint density at radius 1 is 0.917 bits per heavy atom. The van der Waals surface area contributed by atoms with Crippen molar-refractivity contribution in [3.05, 3.63) is 115 Å². The van der Waals surface area contributed by atoms with Gasteiger partial charge in [0.15, 0.2) is 5.82 Å². The lowest BCUT2D eigenvalue weighted by Gasteiger charge is -2.18. The first-order valence-electron chi connectivity index (χ1n) is 11.6. The lowest BCUT2D eigenvalue weighted by Crippen LogP contribution is -2.45. The molecule has 3 N–H and O–H groups in total. The van der Waals surface area contributed by atoms with E-state index in [0.29, 0.717) is 5.82 Å². The summed E-state index contributed by atoms with van der Waals surface area (Å²) < 4.78 is 7.04. The number of aromatic nitrogens is 3. The van der Waals surface area contributed by atoms with E-state index < -0.39 is 18.0 Å². The number of nitrogens with one attached hydrogen (secondary N) is 3. The smallest absolute Gasteiger partial charge is 0.408 e. The van der Waals surface area contributed by atoms with Gasteiger partial charge < -0.3 is 20.4 Å². The molecule has 0 unspecified atom stereocenters. The van der Waals surface area contributed by atoms with Crippen LogP contribution in [0.15, 0.2) is 103 Å². The number of aromatic amines is 1. The molecule has 0 spiro atoms. The molecular formula is C28H25N5O3. The number of fused-ring (bicyclic) bond motifs is 1. The molecule has 8 heteroatoms. The van der Waals surface area contributed by atoms with Crippen LogP contribution in [0.5, 0.6) is 0 Å². The second kappa shape index (κ2) is 10.6. The summed E-state index contributed by atoms with van der Waals surface area (Å²) in [6.45, 7) is 0.107. The minimum Gasteiger partial charge on any atom is -0.445 e. The van der Waals surface area contributed by atoms with Crippen molar-refractivity contribution in [1.29, 1.82) is 0 Å². The molecule has 0 aliphatic heterocycles. The number of hydrogen-bond donors (Lipinski definition) is 3. The van der Waals surface area contributed by atoms with Crippen molar-refractivity contribution in [3.8, 4) is 5.69 Å². The van der Waals surface area contributed by atoms with E-state index in [9.17, 15) is 9.59 Å². The van der Waals surface area contributed by atoms with Gasteiger partial charge in [0.25, 0.3) is 0 Å². The third-order valence-electron chi connectivity index (χ3n) is 5.78. The van der Waals surface area contributed by atoms with Gasteiger partial charge in [-0.3, -0.25) is 4.79 Å². The topological polar surface area (TPSA) is 101 Å². The Morgan fingerprint density at radius 2 is 1.64 bits per heavy atom. The van der Waals surface area contributed by atoms with Crippen molar-refractivity contribution in [2.75, 3.05) is 5.32 Å². The summed E-state index contributed by atoms with van der Waals surface area (Å²) in [6.07, 6.45) is 3.22. The maximum absolute atomic E-state index is 13.3. The first-order valence-corrected chi connectivity index (χ1v) is 11.6. The van der Waals surface area contributed by atoms with Gasteiger partial charge in [0, 0.05) is 35.8 Å². The van der Waals surface area contributed by atoms with Crippen LogP contribution in [0, 0.1) is 0 Å². The summed E-state index contributed by atoms with van der Waals surface area (Å²) in [4.78, 5) is 29.1. The van der Waals surface area contributed by atoms with Crippen LogP contribution in [0.1, 0.15) is 11.1 Å². The number of H-pyrrole nitrogens is 1. The van der Waals surface area contributed by atoms with Gasteiger partial charge in [0.2, 0.25) is 5.91 Å². The van der Waals surface area contributed by atoms with Crippen molar-refractivity contribution >= 4 is 28.7 Å². The monoisotopic (exact) mass is 479 g/mol. The van der Waals surface area contributed by atoms with Crippen molar-refractivity contribution in [1.82, 2.24) is 20.1 Å². The summed E-state index contributed by atoms with van der Waals surface area (Å²) in [7, 11) is 0. The van der Waals surface area contributed by atoms with Crippen molar-refractivity contribution in [2.24, 2.45) is 0 Å². The Morgan fingerprint density at radius 3 is 2.44 bits per heavy atom. The number of carbonyl (C=O) groups is 2. The zero-order valence-electron chi connectivity index (χ0n) is 19.4. The summed E-state index contributed by atoms with van der Waals surface area (Å²) in [5, 5.41) is 11.0. The van der Waals surface area contributed by atoms with Crippen molar-refractivity contribution < 1.29 is 14.3 Å². The Balaban J connectivity index is 1.31. The third kappa shape index (κ3) is 5.44. The summed E-state index contributed by atoms with van der Waals surface area (Å²) in [5.74, 6) is -0.0116. The van der Waals surface area contributed by atoms with E-state index in [-0.39, 0.29) is 13.0 Å². The second-order valence-corrected chi connectivity index (χ2v) is 8.29. The molecule has 0 fully saturated rings. The van der Waals surface area contributed by atoms with E-state index in [1.165, 1.54) is 0 Å². The highest BCUT2D eigenvalue weighted by molar-refractivity contribution is 5.96. The highest BCUT2D eigenvalue weighted by Crippen LogP contribution is 2.20. The van der Waals surface area contributed by atoms with Gasteiger partial charge >= 0.3 is 6.09 Å². The Bertz CT molecular complexity index is 1460. The molecule has 0 saturated carbocycles. The number of alkyl carbamates (subject to hydrolysis) is 1. The molecule has 2 aromatic heterocycles. The molecule has 0 radical (unpaired) electrons. The predicted octanol–water partition coefficient (Wildman–Crippen LogP) is 4.83. The standard InChI is InChI=1S/C28H25N5O3/c34-27(31-26-15-16-33(32-26)22-11-5-2-6-12-22)25(17-21-18-29-24-14-8-7-13-23(21)24)30-28(35)36-19-20-9-3-1-4-10-20/h1-16,18,25,29H,17,19H2,(H,30,35)(H,31,32,34)/t25-/m1/s1. The van der Waals surface area contributed by atoms with Gasteiger partial charge in [-0.05, 0) is 29.3 Å². The number of para-hydroxylation sites is 2. The van der Waals surface area contributed by atoms with Gasteiger partial charge in [0.05, 0.1) is 5.69 Å². The van der Waals surface area contributed by atoms with Crippen LogP contribution in [0.4, 0.5) is 10.6 Å². The lowest BCUT2D eigenvalue weighted by atomic mass is 10.0. The van der Waals surface area contributed by atoms with E-state index in [0.717, 1.165) is 27.7 Å². The SMILES string of the molecule is O=C(N[C@H](Cc1c[nH]c2ccccc12)C(=O)Nc1ccn(-c2ccccc2)n1)OCc1ccccc1. The maximum atomic E-state index is 13.3. The van der Waals surface area contributed by atoms with Crippen LogP contribution >= 0.6 is 0 Å². The Kier molecular flexibility index (Phi) is 6.75. The summed E-state index contributed by atoms with van der Waals surface area (Å²) in [6, 6.07) is 27.6. The minimum atomic E-state index is -0.880. The molecule has 180 valence electrons. The van der Waals surface area contributed by atoms with Gasteiger partial charge in [0.1, 0.15) is 12.6 Å². The third-order valence-corrected chi connectivity index (χ3v) is 5.78. The first-order chi connectivity index (χ1) is 17.7. The fourth-order valence-corrected chi connectivity index (χ4v) is 3.97. The lowest BCUT2D eigenvalue weighted by molar-refractivity contribution is -0.118. The zero-order valence-corrected chi connectivity index (χ0v) is 19.4. The molecule has 1 atom stereocenters. The maximum Gasteiger partial charge on any atom is 0.408 e. The van der Waals surface area contributed by atoms with E-state index in [1.54, 1.807) is 16.9 Å². The van der Waals surface area contributed by atoms with Gasteiger partial charge in [-0.2, -0.15) is 5.10 Å². The number of anilines is 1. The molecule has 36 heavy (non-hydrogen) atoms. The zero-order chi connectivity index (χ0) is 24.7. The highest BCUT2D eigenvalue weighted by Gasteiger charge is 2.24. The van der Waals surface area contributed by atoms with Crippen LogP contribution in [-0.4, -0.2) is 32.8 Å². The largest absolute Gasteiger partial charge is 0.445 e. The number of rotatable bonds is 8. The Hall–Kier alpha value is -4.85. The van der Waals surface area contributed by atoms with E-state index in [2.05, 4.69) is 20.7 Å². The molecular weight excluding hydrogens is 454 g/mol. The average molecular weight is 480 g/mol. The summed E-state index contributed by atoms with van der Waals surface area (Å²) in [5.41, 5.74) is 3.59. The van der Waals surface area contributed by atoms with E-state index in [1.807, 2.05) is 91.1 Å². The van der Waals surface area contributed by atoms with Gasteiger partial charge in [-0.15, -0.1) is 0 Å². The quantitative estimate of drug-likeness (QED) is 0.297. The molecule has 0 aliphatic carbocycles. The molecule has 5 rings (SSSR count). The number of hydrogen-bond acceptors (Lipinski definition) is 4. The molecule has 3 aromatic carbocycles.